The molecule has 0 spiro atoms. The number of hydrogen-bond acceptors (Lipinski definition) is 3. The molecule has 1 aromatic rings. The second kappa shape index (κ2) is 6.41. The summed E-state index contributed by atoms with van der Waals surface area (Å²) in [5.74, 6) is -0.724. The number of aromatic carboxylic acids is 1. The average molecular weight is 279 g/mol. The average Bonchev–Trinajstić information content (AvgIpc) is 2.38. The molecule has 0 saturated carbocycles. The fourth-order valence-corrected chi connectivity index (χ4v) is 1.46. The third kappa shape index (κ3) is 4.57. The number of carbonyl (C=O) groups is 2. The van der Waals surface area contributed by atoms with Crippen LogP contribution in [-0.2, 0) is 4.79 Å². The molecule has 5 nitrogen and oxygen atoms in total. The van der Waals surface area contributed by atoms with Gasteiger partial charge in [-0.05, 0) is 51.5 Å². The summed E-state index contributed by atoms with van der Waals surface area (Å²) < 4.78 is 5.50. The van der Waals surface area contributed by atoms with E-state index in [9.17, 15) is 9.59 Å². The Morgan fingerprint density at radius 3 is 2.30 bits per heavy atom. The Balaban J connectivity index is 2.63. The number of nitrogens with one attached hydrogen (secondary N) is 1. The molecule has 1 rings (SSSR count). The van der Waals surface area contributed by atoms with E-state index in [0.29, 0.717) is 5.75 Å². The fourth-order valence-electron chi connectivity index (χ4n) is 1.46. The van der Waals surface area contributed by atoms with Gasteiger partial charge in [-0.1, -0.05) is 6.92 Å². The third-order valence-electron chi connectivity index (χ3n) is 3.13. The first-order chi connectivity index (χ1) is 9.25. The van der Waals surface area contributed by atoms with Gasteiger partial charge in [-0.3, -0.25) is 4.79 Å². The van der Waals surface area contributed by atoms with E-state index < -0.39 is 12.1 Å². The summed E-state index contributed by atoms with van der Waals surface area (Å²) in [4.78, 5) is 22.7. The number of amides is 1. The predicted octanol–water partition coefficient (Wildman–Crippen LogP) is 2.46. The zero-order valence-electron chi connectivity index (χ0n) is 12.3. The van der Waals surface area contributed by atoms with Crippen LogP contribution in [0.2, 0.25) is 0 Å². The lowest BCUT2D eigenvalue weighted by atomic mass is 10.0. The van der Waals surface area contributed by atoms with Crippen molar-refractivity contribution in [3.8, 4) is 5.75 Å². The monoisotopic (exact) mass is 279 g/mol. The Morgan fingerprint density at radius 2 is 1.85 bits per heavy atom. The smallest absolute Gasteiger partial charge is 0.335 e. The van der Waals surface area contributed by atoms with E-state index in [4.69, 9.17) is 9.84 Å². The second-order valence-corrected chi connectivity index (χ2v) is 5.32. The minimum absolute atomic E-state index is 0.182. The van der Waals surface area contributed by atoms with Crippen molar-refractivity contribution in [3.05, 3.63) is 29.8 Å². The molecule has 1 amide bonds. The van der Waals surface area contributed by atoms with Crippen LogP contribution in [0.25, 0.3) is 0 Å². The lowest BCUT2D eigenvalue weighted by Gasteiger charge is -2.26. The van der Waals surface area contributed by atoms with Crippen molar-refractivity contribution in [2.45, 2.75) is 45.8 Å². The van der Waals surface area contributed by atoms with Gasteiger partial charge in [0.05, 0.1) is 5.56 Å². The Morgan fingerprint density at radius 1 is 1.30 bits per heavy atom. The summed E-state index contributed by atoms with van der Waals surface area (Å²) >= 11 is 0. The van der Waals surface area contributed by atoms with E-state index in [1.807, 2.05) is 20.8 Å². The Hall–Kier alpha value is -2.04. The molecule has 0 fully saturated rings. The van der Waals surface area contributed by atoms with Crippen LogP contribution in [0.3, 0.4) is 0 Å². The maximum atomic E-state index is 12.0. The molecule has 0 radical (unpaired) electrons. The molecular weight excluding hydrogens is 258 g/mol. The van der Waals surface area contributed by atoms with Crippen molar-refractivity contribution in [1.29, 1.82) is 0 Å². The van der Waals surface area contributed by atoms with E-state index in [1.165, 1.54) is 24.3 Å². The van der Waals surface area contributed by atoms with Crippen molar-refractivity contribution in [1.82, 2.24) is 5.32 Å². The summed E-state index contributed by atoms with van der Waals surface area (Å²) in [5, 5.41) is 11.7. The van der Waals surface area contributed by atoms with Crippen molar-refractivity contribution >= 4 is 11.9 Å². The highest BCUT2D eigenvalue weighted by Gasteiger charge is 2.22. The van der Waals surface area contributed by atoms with Gasteiger partial charge in [0, 0.05) is 5.54 Å². The first kappa shape index (κ1) is 16.0. The van der Waals surface area contributed by atoms with Crippen molar-refractivity contribution in [3.63, 3.8) is 0 Å². The number of ether oxygens (including phenoxy) is 1. The van der Waals surface area contributed by atoms with Gasteiger partial charge < -0.3 is 15.2 Å². The summed E-state index contributed by atoms with van der Waals surface area (Å²) in [6, 6.07) is 5.97. The van der Waals surface area contributed by atoms with Crippen LogP contribution in [0.15, 0.2) is 24.3 Å². The van der Waals surface area contributed by atoms with Crippen LogP contribution in [0.5, 0.6) is 5.75 Å². The van der Waals surface area contributed by atoms with Crippen molar-refractivity contribution in [2.24, 2.45) is 0 Å². The summed E-state index contributed by atoms with van der Waals surface area (Å²) in [7, 11) is 0. The summed E-state index contributed by atoms with van der Waals surface area (Å²) in [5.41, 5.74) is -0.0939. The molecule has 0 aliphatic carbocycles. The van der Waals surface area contributed by atoms with E-state index in [1.54, 1.807) is 6.92 Å². The molecule has 2 N–H and O–H groups in total. The number of benzene rings is 1. The zero-order chi connectivity index (χ0) is 15.3. The zero-order valence-corrected chi connectivity index (χ0v) is 12.3. The Labute approximate surface area is 118 Å². The third-order valence-corrected chi connectivity index (χ3v) is 3.13. The lowest BCUT2D eigenvalue weighted by Crippen LogP contribution is -2.48. The highest BCUT2D eigenvalue weighted by atomic mass is 16.5. The number of rotatable bonds is 6. The van der Waals surface area contributed by atoms with E-state index in [-0.39, 0.29) is 17.0 Å². The molecule has 0 aliphatic heterocycles. The standard InChI is InChI=1S/C15H21NO4/c1-5-15(3,4)16-13(17)10(2)20-12-8-6-11(7-9-12)14(18)19/h6-10H,5H2,1-4H3,(H,16,17)(H,18,19). The largest absolute Gasteiger partial charge is 0.481 e. The number of hydrogen-bond donors (Lipinski definition) is 2. The summed E-state index contributed by atoms with van der Waals surface area (Å²) in [6.07, 6.45) is 0.176. The Kier molecular flexibility index (Phi) is 5.13. The van der Waals surface area contributed by atoms with Gasteiger partial charge in [0.15, 0.2) is 6.10 Å². The van der Waals surface area contributed by atoms with Crippen LogP contribution in [0.4, 0.5) is 0 Å². The maximum absolute atomic E-state index is 12.0. The van der Waals surface area contributed by atoms with E-state index in [0.717, 1.165) is 6.42 Å². The first-order valence-electron chi connectivity index (χ1n) is 6.57. The Bertz CT molecular complexity index is 479. The molecule has 0 bridgehead atoms. The van der Waals surface area contributed by atoms with Gasteiger partial charge in [-0.25, -0.2) is 4.79 Å². The molecule has 0 heterocycles. The normalized spacial score (nSPS) is 12.6. The van der Waals surface area contributed by atoms with E-state index >= 15 is 0 Å². The molecular formula is C15H21NO4. The first-order valence-corrected chi connectivity index (χ1v) is 6.57. The molecule has 5 heteroatoms. The SMILES string of the molecule is CCC(C)(C)NC(=O)C(C)Oc1ccc(C(=O)O)cc1. The van der Waals surface area contributed by atoms with Gasteiger partial charge >= 0.3 is 5.97 Å². The highest BCUT2D eigenvalue weighted by molar-refractivity contribution is 5.87. The molecule has 20 heavy (non-hydrogen) atoms. The van der Waals surface area contributed by atoms with Crippen LogP contribution in [0, 0.1) is 0 Å². The van der Waals surface area contributed by atoms with Gasteiger partial charge in [-0.15, -0.1) is 0 Å². The number of carbonyl (C=O) groups excluding carboxylic acids is 1. The van der Waals surface area contributed by atoms with Gasteiger partial charge in [-0.2, -0.15) is 0 Å². The molecule has 0 saturated heterocycles. The van der Waals surface area contributed by atoms with Crippen LogP contribution < -0.4 is 10.1 Å². The van der Waals surface area contributed by atoms with Crippen molar-refractivity contribution in [2.75, 3.05) is 0 Å². The summed E-state index contributed by atoms with van der Waals surface area (Å²) in [6.45, 7) is 7.54. The fraction of sp³-hybridized carbons (Fsp3) is 0.467. The molecule has 1 unspecified atom stereocenters. The van der Waals surface area contributed by atoms with Gasteiger partial charge in [0.25, 0.3) is 5.91 Å². The highest BCUT2D eigenvalue weighted by Crippen LogP contribution is 2.15. The van der Waals surface area contributed by atoms with Gasteiger partial charge in [0.2, 0.25) is 0 Å². The topological polar surface area (TPSA) is 75.6 Å². The predicted molar refractivity (Wildman–Crippen MR) is 76.0 cm³/mol. The minimum atomic E-state index is -0.993. The maximum Gasteiger partial charge on any atom is 0.335 e. The van der Waals surface area contributed by atoms with Crippen LogP contribution in [0.1, 0.15) is 44.5 Å². The van der Waals surface area contributed by atoms with Gasteiger partial charge in [0.1, 0.15) is 5.75 Å². The number of carboxylic acids is 1. The molecule has 110 valence electrons. The molecule has 1 aromatic carbocycles. The quantitative estimate of drug-likeness (QED) is 0.838. The minimum Gasteiger partial charge on any atom is -0.481 e. The van der Waals surface area contributed by atoms with Crippen LogP contribution >= 0.6 is 0 Å². The lowest BCUT2D eigenvalue weighted by molar-refractivity contribution is -0.128. The van der Waals surface area contributed by atoms with E-state index in [2.05, 4.69) is 5.32 Å². The number of carboxylic acid groups (broad SMARTS) is 1. The molecule has 0 aliphatic rings. The molecule has 0 aromatic heterocycles. The second-order valence-electron chi connectivity index (χ2n) is 5.32. The molecule has 1 atom stereocenters. The van der Waals surface area contributed by atoms with Crippen molar-refractivity contribution < 1.29 is 19.4 Å². The van der Waals surface area contributed by atoms with Crippen LogP contribution in [-0.4, -0.2) is 28.6 Å².